The van der Waals surface area contributed by atoms with Crippen LogP contribution in [0.2, 0.25) is 0 Å². The summed E-state index contributed by atoms with van der Waals surface area (Å²) in [5, 5.41) is 2.92. The number of methoxy groups -OCH3 is 2. The normalized spacial score (nSPS) is 18.9. The third kappa shape index (κ3) is 4.50. The number of hydrogen-bond acceptors (Lipinski definition) is 5. The molecule has 1 saturated heterocycles. The molecule has 8 heteroatoms. The summed E-state index contributed by atoms with van der Waals surface area (Å²) < 4.78 is 10.8. The van der Waals surface area contributed by atoms with Crippen molar-refractivity contribution in [3.8, 4) is 11.5 Å². The highest BCUT2D eigenvalue weighted by molar-refractivity contribution is 6.09. The number of hydrogen-bond donors (Lipinski definition) is 1. The Kier molecular flexibility index (Phi) is 6.56. The van der Waals surface area contributed by atoms with Gasteiger partial charge in [0.25, 0.3) is 5.91 Å². The van der Waals surface area contributed by atoms with Crippen LogP contribution in [0.4, 0.5) is 4.79 Å². The lowest BCUT2D eigenvalue weighted by Crippen LogP contribution is -2.47. The molecule has 8 nitrogen and oxygen atoms in total. The smallest absolute Gasteiger partial charge is 0.325 e. The molecule has 1 N–H and O–H groups in total. The van der Waals surface area contributed by atoms with Gasteiger partial charge in [-0.05, 0) is 40.8 Å². The Hall–Kier alpha value is -4.33. The fourth-order valence-corrected chi connectivity index (χ4v) is 5.14. The predicted octanol–water partition coefficient (Wildman–Crippen LogP) is 3.28. The molecule has 37 heavy (non-hydrogen) atoms. The first-order valence-electron chi connectivity index (χ1n) is 12.2. The van der Waals surface area contributed by atoms with Crippen molar-refractivity contribution in [3.63, 3.8) is 0 Å². The lowest BCUT2D eigenvalue weighted by atomic mass is 9.83. The molecule has 0 aromatic heterocycles. The SMILES string of the molecule is COc1cc2c(cc1OC)CN(C(=O)CN1C(=O)NC(Cc3ccccc3)(c3ccccc3)C1=O)CC2. The fraction of sp³-hybridized carbons (Fsp3) is 0.276. The van der Waals surface area contributed by atoms with E-state index in [0.717, 1.165) is 21.6 Å². The Morgan fingerprint density at radius 1 is 0.919 bits per heavy atom. The molecular formula is C29H29N3O5. The minimum absolute atomic E-state index is 0.284. The van der Waals surface area contributed by atoms with Gasteiger partial charge in [0.15, 0.2) is 17.0 Å². The van der Waals surface area contributed by atoms with Crippen molar-refractivity contribution in [1.82, 2.24) is 15.1 Å². The van der Waals surface area contributed by atoms with E-state index in [1.54, 1.807) is 19.1 Å². The van der Waals surface area contributed by atoms with Crippen molar-refractivity contribution < 1.29 is 23.9 Å². The molecule has 5 rings (SSSR count). The van der Waals surface area contributed by atoms with Gasteiger partial charge >= 0.3 is 6.03 Å². The summed E-state index contributed by atoms with van der Waals surface area (Å²) in [7, 11) is 3.16. The summed E-state index contributed by atoms with van der Waals surface area (Å²) in [5.41, 5.74) is 2.35. The third-order valence-electron chi connectivity index (χ3n) is 7.12. The monoisotopic (exact) mass is 499 g/mol. The van der Waals surface area contributed by atoms with E-state index in [2.05, 4.69) is 5.32 Å². The number of ether oxygens (including phenoxy) is 2. The molecular weight excluding hydrogens is 470 g/mol. The summed E-state index contributed by atoms with van der Waals surface area (Å²) >= 11 is 0. The Bertz CT molecular complexity index is 1330. The number of urea groups is 1. The zero-order valence-corrected chi connectivity index (χ0v) is 20.9. The molecule has 1 atom stereocenters. The predicted molar refractivity (Wildman–Crippen MR) is 137 cm³/mol. The third-order valence-corrected chi connectivity index (χ3v) is 7.12. The lowest BCUT2D eigenvalue weighted by Gasteiger charge is -2.31. The minimum atomic E-state index is -1.28. The van der Waals surface area contributed by atoms with Crippen LogP contribution in [0.5, 0.6) is 11.5 Å². The fourth-order valence-electron chi connectivity index (χ4n) is 5.14. The summed E-state index contributed by atoms with van der Waals surface area (Å²) in [6.07, 6.45) is 0.926. The Labute approximate surface area is 215 Å². The standard InChI is InChI=1S/C29H29N3O5/c1-36-24-15-21-13-14-31(18-22(21)16-25(24)37-2)26(33)19-32-27(34)29(30-28(32)35,23-11-7-4-8-12-23)17-20-9-5-3-6-10-20/h3-12,15-16H,13-14,17-19H2,1-2H3,(H,30,35). The molecule has 2 heterocycles. The lowest BCUT2D eigenvalue weighted by molar-refractivity contribution is -0.139. The van der Waals surface area contributed by atoms with Gasteiger partial charge in [-0.25, -0.2) is 4.79 Å². The highest BCUT2D eigenvalue weighted by atomic mass is 16.5. The van der Waals surface area contributed by atoms with Crippen LogP contribution < -0.4 is 14.8 Å². The van der Waals surface area contributed by atoms with Crippen molar-refractivity contribution in [1.29, 1.82) is 0 Å². The number of benzene rings is 3. The number of rotatable bonds is 7. The van der Waals surface area contributed by atoms with Gasteiger partial charge in [-0.3, -0.25) is 14.5 Å². The Morgan fingerprint density at radius 2 is 1.54 bits per heavy atom. The van der Waals surface area contributed by atoms with Gasteiger partial charge in [-0.2, -0.15) is 0 Å². The molecule has 0 saturated carbocycles. The van der Waals surface area contributed by atoms with Crippen LogP contribution >= 0.6 is 0 Å². The van der Waals surface area contributed by atoms with E-state index >= 15 is 0 Å². The van der Waals surface area contributed by atoms with Gasteiger partial charge in [0.2, 0.25) is 5.91 Å². The molecule has 3 aromatic rings. The first-order chi connectivity index (χ1) is 17.9. The summed E-state index contributed by atoms with van der Waals surface area (Å²) in [5.74, 6) is 0.534. The summed E-state index contributed by atoms with van der Waals surface area (Å²) in [6, 6.07) is 22.0. The van der Waals surface area contributed by atoms with E-state index < -0.39 is 17.5 Å². The molecule has 0 radical (unpaired) electrons. The van der Waals surface area contributed by atoms with Crippen LogP contribution in [-0.4, -0.2) is 55.0 Å². The molecule has 4 amide bonds. The van der Waals surface area contributed by atoms with Crippen LogP contribution in [0.25, 0.3) is 0 Å². The van der Waals surface area contributed by atoms with Crippen molar-refractivity contribution in [2.24, 2.45) is 0 Å². The number of carbonyl (C=O) groups is 3. The molecule has 1 fully saturated rings. The van der Waals surface area contributed by atoms with Gasteiger partial charge in [-0.15, -0.1) is 0 Å². The van der Waals surface area contributed by atoms with E-state index in [0.29, 0.717) is 36.6 Å². The number of amides is 4. The van der Waals surface area contributed by atoms with Gasteiger partial charge in [0.1, 0.15) is 6.54 Å². The molecule has 0 spiro atoms. The highest BCUT2D eigenvalue weighted by Crippen LogP contribution is 2.35. The maximum atomic E-state index is 13.9. The molecule has 0 aliphatic carbocycles. The molecule has 190 valence electrons. The topological polar surface area (TPSA) is 88.2 Å². The molecule has 2 aliphatic heterocycles. The first-order valence-corrected chi connectivity index (χ1v) is 12.2. The summed E-state index contributed by atoms with van der Waals surface area (Å²) in [4.78, 5) is 43.0. The highest BCUT2D eigenvalue weighted by Gasteiger charge is 2.53. The van der Waals surface area contributed by atoms with E-state index in [4.69, 9.17) is 9.47 Å². The summed E-state index contributed by atoms with van der Waals surface area (Å²) in [6.45, 7) is 0.529. The second-order valence-corrected chi connectivity index (χ2v) is 9.30. The Morgan fingerprint density at radius 3 is 2.19 bits per heavy atom. The van der Waals surface area contributed by atoms with Crippen molar-refractivity contribution in [3.05, 3.63) is 95.1 Å². The van der Waals surface area contributed by atoms with Crippen LogP contribution in [0.3, 0.4) is 0 Å². The number of carbonyl (C=O) groups excluding carboxylic acids is 3. The zero-order chi connectivity index (χ0) is 26.0. The number of imide groups is 1. The van der Waals surface area contributed by atoms with Gasteiger partial charge < -0.3 is 19.7 Å². The maximum Gasteiger partial charge on any atom is 0.325 e. The maximum absolute atomic E-state index is 13.9. The largest absolute Gasteiger partial charge is 0.493 e. The van der Waals surface area contributed by atoms with E-state index in [-0.39, 0.29) is 18.9 Å². The molecule has 3 aromatic carbocycles. The second kappa shape index (κ2) is 9.97. The van der Waals surface area contributed by atoms with E-state index in [9.17, 15) is 14.4 Å². The van der Waals surface area contributed by atoms with Crippen molar-refractivity contribution >= 4 is 17.8 Å². The van der Waals surface area contributed by atoms with Gasteiger partial charge in [0, 0.05) is 19.5 Å². The van der Waals surface area contributed by atoms with Gasteiger partial charge in [-0.1, -0.05) is 60.7 Å². The van der Waals surface area contributed by atoms with E-state index in [1.165, 1.54) is 0 Å². The van der Waals surface area contributed by atoms with Crippen LogP contribution in [0.1, 0.15) is 22.3 Å². The zero-order valence-electron chi connectivity index (χ0n) is 20.9. The average Bonchev–Trinajstić information content (AvgIpc) is 3.17. The number of nitrogens with one attached hydrogen (secondary N) is 1. The first kappa shape index (κ1) is 24.4. The van der Waals surface area contributed by atoms with E-state index in [1.807, 2.05) is 72.8 Å². The molecule has 1 unspecified atom stereocenters. The van der Waals surface area contributed by atoms with Gasteiger partial charge in [0.05, 0.1) is 14.2 Å². The van der Waals surface area contributed by atoms with Crippen LogP contribution in [0, 0.1) is 0 Å². The second-order valence-electron chi connectivity index (χ2n) is 9.30. The average molecular weight is 500 g/mol. The number of fused-ring (bicyclic) bond motifs is 1. The van der Waals surface area contributed by atoms with Crippen LogP contribution in [0.15, 0.2) is 72.8 Å². The quantitative estimate of drug-likeness (QED) is 0.504. The molecule has 2 aliphatic rings. The number of nitrogens with zero attached hydrogens (tertiary/aromatic N) is 2. The Balaban J connectivity index is 1.37. The van der Waals surface area contributed by atoms with Crippen molar-refractivity contribution in [2.45, 2.75) is 24.9 Å². The minimum Gasteiger partial charge on any atom is -0.493 e. The van der Waals surface area contributed by atoms with Crippen LogP contribution in [-0.2, 0) is 34.5 Å². The van der Waals surface area contributed by atoms with Crippen molar-refractivity contribution in [2.75, 3.05) is 27.3 Å². The molecule has 0 bridgehead atoms.